The second-order valence-corrected chi connectivity index (χ2v) is 9.99. The second-order valence-electron chi connectivity index (χ2n) is 9.17. The fourth-order valence-electron chi connectivity index (χ4n) is 4.40. The average Bonchev–Trinajstić information content (AvgIpc) is 3.77. The minimum Gasteiger partial charge on any atom is -0.493 e. The van der Waals surface area contributed by atoms with Crippen LogP contribution in [0.2, 0.25) is 0 Å². The highest BCUT2D eigenvalue weighted by atomic mass is 32.2. The number of benzene rings is 3. The molecule has 0 radical (unpaired) electrons. The molecule has 4 aromatic rings. The fourth-order valence-corrected chi connectivity index (χ4v) is 4.81. The number of thioether (sulfide) groups is 1. The Balaban J connectivity index is 1.55. The number of halogens is 2. The molecule has 2 N–H and O–H groups in total. The van der Waals surface area contributed by atoms with Crippen LogP contribution in [0.5, 0.6) is 23.0 Å². The lowest BCUT2D eigenvalue weighted by Crippen LogP contribution is -2.41. The molecule has 1 aromatic heterocycles. The SMILES string of the molecule is COc1cc2nc(SC)cc(Oc3ccc(N(C(=O)C4(C(N)=O)CC4)c4ccc(F)cc4)cc3F)c2cc1OC. The molecule has 2 amide bonds. The van der Waals surface area contributed by atoms with Crippen molar-refractivity contribution >= 4 is 45.9 Å². The van der Waals surface area contributed by atoms with Gasteiger partial charge in [-0.25, -0.2) is 13.8 Å². The number of nitrogens with two attached hydrogens (primary N) is 1. The summed E-state index contributed by atoms with van der Waals surface area (Å²) in [6, 6.07) is 14.2. The number of ether oxygens (including phenoxy) is 3. The highest BCUT2D eigenvalue weighted by Gasteiger charge is 2.57. The molecule has 0 aliphatic heterocycles. The zero-order valence-electron chi connectivity index (χ0n) is 21.9. The Bertz CT molecular complexity index is 1630. The van der Waals surface area contributed by atoms with E-state index in [-0.39, 0.29) is 30.0 Å². The Hall–Kier alpha value is -4.38. The predicted octanol–water partition coefficient (Wildman–Crippen LogP) is 5.97. The van der Waals surface area contributed by atoms with Gasteiger partial charge < -0.3 is 19.9 Å². The van der Waals surface area contributed by atoms with Gasteiger partial charge >= 0.3 is 0 Å². The first-order valence-corrected chi connectivity index (χ1v) is 13.4. The predicted molar refractivity (Wildman–Crippen MR) is 148 cm³/mol. The van der Waals surface area contributed by atoms with E-state index in [1.165, 1.54) is 67.3 Å². The van der Waals surface area contributed by atoms with Crippen LogP contribution in [-0.2, 0) is 9.59 Å². The molecule has 0 spiro atoms. The van der Waals surface area contributed by atoms with E-state index >= 15 is 4.39 Å². The van der Waals surface area contributed by atoms with Crippen molar-refractivity contribution < 1.29 is 32.6 Å². The first-order valence-electron chi connectivity index (χ1n) is 12.2. The number of pyridine rings is 1. The lowest BCUT2D eigenvalue weighted by Gasteiger charge is -2.26. The first kappa shape index (κ1) is 27.2. The zero-order valence-corrected chi connectivity index (χ0v) is 22.7. The van der Waals surface area contributed by atoms with Crippen molar-refractivity contribution in [3.8, 4) is 23.0 Å². The van der Waals surface area contributed by atoms with Crippen molar-refractivity contribution in [2.24, 2.45) is 11.1 Å². The number of aromatic nitrogens is 1. The molecule has 0 bridgehead atoms. The third-order valence-corrected chi connectivity index (χ3v) is 7.40. The number of fused-ring (bicyclic) bond motifs is 1. The number of rotatable bonds is 9. The molecular weight excluding hydrogens is 540 g/mol. The minimum atomic E-state index is -1.38. The number of hydrogen-bond donors (Lipinski definition) is 1. The number of nitrogens with zero attached hydrogens (tertiary/aromatic N) is 2. The number of carbonyl (C=O) groups is 2. The van der Waals surface area contributed by atoms with Crippen LogP contribution in [0.3, 0.4) is 0 Å². The summed E-state index contributed by atoms with van der Waals surface area (Å²) in [5, 5.41) is 1.21. The Kier molecular flexibility index (Phi) is 7.24. The van der Waals surface area contributed by atoms with E-state index in [4.69, 9.17) is 19.9 Å². The molecule has 206 valence electrons. The van der Waals surface area contributed by atoms with E-state index in [0.717, 1.165) is 6.07 Å². The second kappa shape index (κ2) is 10.6. The average molecular weight is 566 g/mol. The molecule has 5 rings (SSSR count). The molecule has 1 aliphatic rings. The largest absolute Gasteiger partial charge is 0.493 e. The van der Waals surface area contributed by atoms with E-state index < -0.39 is 28.9 Å². The highest BCUT2D eigenvalue weighted by Crippen LogP contribution is 2.49. The first-order chi connectivity index (χ1) is 19.2. The van der Waals surface area contributed by atoms with Crippen molar-refractivity contribution in [3.05, 3.63) is 72.3 Å². The summed E-state index contributed by atoms with van der Waals surface area (Å²) in [5.41, 5.74) is 5.10. The molecular formula is C29H25F2N3O5S. The zero-order chi connectivity index (χ0) is 28.6. The molecule has 0 saturated heterocycles. The summed E-state index contributed by atoms with van der Waals surface area (Å²) >= 11 is 1.39. The van der Waals surface area contributed by atoms with Crippen LogP contribution in [0.25, 0.3) is 10.9 Å². The van der Waals surface area contributed by atoms with E-state index in [2.05, 4.69) is 4.98 Å². The van der Waals surface area contributed by atoms with Gasteiger partial charge in [-0.05, 0) is 61.6 Å². The summed E-state index contributed by atoms with van der Waals surface area (Å²) in [6.07, 6.45) is 2.42. The van der Waals surface area contributed by atoms with Gasteiger partial charge in [0.25, 0.3) is 0 Å². The Morgan fingerprint density at radius 2 is 1.55 bits per heavy atom. The smallest absolute Gasteiger partial charge is 0.247 e. The summed E-state index contributed by atoms with van der Waals surface area (Å²) in [7, 11) is 3.02. The topological polar surface area (TPSA) is 104 Å². The van der Waals surface area contributed by atoms with Gasteiger partial charge in [0.05, 0.1) is 25.4 Å². The van der Waals surface area contributed by atoms with Crippen molar-refractivity contribution in [1.29, 1.82) is 0 Å². The molecule has 1 heterocycles. The molecule has 3 aromatic carbocycles. The fraction of sp³-hybridized carbons (Fsp3) is 0.207. The van der Waals surface area contributed by atoms with Gasteiger partial charge in [-0.2, -0.15) is 0 Å². The lowest BCUT2D eigenvalue weighted by molar-refractivity contribution is -0.133. The number of primary amides is 1. The third kappa shape index (κ3) is 4.88. The normalized spacial score (nSPS) is 13.5. The van der Waals surface area contributed by atoms with Gasteiger partial charge in [-0.1, -0.05) is 0 Å². The van der Waals surface area contributed by atoms with E-state index in [9.17, 15) is 14.0 Å². The number of methoxy groups -OCH3 is 2. The highest BCUT2D eigenvalue weighted by molar-refractivity contribution is 7.98. The van der Waals surface area contributed by atoms with Crippen LogP contribution in [0.15, 0.2) is 65.7 Å². The third-order valence-electron chi connectivity index (χ3n) is 6.77. The maximum absolute atomic E-state index is 15.6. The van der Waals surface area contributed by atoms with Gasteiger partial charge in [0.15, 0.2) is 23.1 Å². The van der Waals surface area contributed by atoms with Crippen LogP contribution in [-0.4, -0.2) is 37.3 Å². The molecule has 0 atom stereocenters. The molecule has 11 heteroatoms. The summed E-state index contributed by atoms with van der Waals surface area (Å²) in [5.74, 6) is -1.48. The number of anilines is 2. The summed E-state index contributed by atoms with van der Waals surface area (Å²) in [6.45, 7) is 0. The van der Waals surface area contributed by atoms with E-state index in [0.29, 0.717) is 33.2 Å². The van der Waals surface area contributed by atoms with Gasteiger partial charge in [0.1, 0.15) is 22.0 Å². The molecule has 0 unspecified atom stereocenters. The van der Waals surface area contributed by atoms with Crippen LogP contribution in [0.1, 0.15) is 12.8 Å². The van der Waals surface area contributed by atoms with Crippen LogP contribution < -0.4 is 24.8 Å². The Morgan fingerprint density at radius 1 is 0.900 bits per heavy atom. The lowest BCUT2D eigenvalue weighted by atomic mass is 10.0. The number of carbonyl (C=O) groups excluding carboxylic acids is 2. The standard InChI is InChI=1S/C29H25F2N3O5S/c1-37-24-13-19-21(14-25(24)38-2)33-26(40-3)15-23(19)39-22-9-8-18(12-20(22)31)34(17-6-4-16(30)5-7-17)28(36)29(10-11-29)27(32)35/h4-9,12-15H,10-11H2,1-3H3,(H2,32,35). The summed E-state index contributed by atoms with van der Waals surface area (Å²) in [4.78, 5) is 31.4. The van der Waals surface area contributed by atoms with Crippen LogP contribution in [0, 0.1) is 17.0 Å². The van der Waals surface area contributed by atoms with Gasteiger partial charge in [-0.15, -0.1) is 11.8 Å². The van der Waals surface area contributed by atoms with Crippen LogP contribution in [0.4, 0.5) is 20.2 Å². The molecule has 1 saturated carbocycles. The molecule has 40 heavy (non-hydrogen) atoms. The van der Waals surface area contributed by atoms with Crippen molar-refractivity contribution in [2.75, 3.05) is 25.4 Å². The van der Waals surface area contributed by atoms with Gasteiger partial charge in [0.2, 0.25) is 11.8 Å². The molecule has 1 fully saturated rings. The van der Waals surface area contributed by atoms with Gasteiger partial charge in [0, 0.05) is 29.3 Å². The minimum absolute atomic E-state index is 0.111. The number of amides is 2. The van der Waals surface area contributed by atoms with Crippen molar-refractivity contribution in [2.45, 2.75) is 17.9 Å². The van der Waals surface area contributed by atoms with Crippen molar-refractivity contribution in [3.63, 3.8) is 0 Å². The maximum Gasteiger partial charge on any atom is 0.247 e. The Morgan fingerprint density at radius 3 is 2.12 bits per heavy atom. The van der Waals surface area contributed by atoms with Crippen molar-refractivity contribution in [1.82, 2.24) is 4.98 Å². The number of hydrogen-bond acceptors (Lipinski definition) is 7. The Labute approximate surface area is 233 Å². The molecule has 1 aliphatic carbocycles. The van der Waals surface area contributed by atoms with E-state index in [1.807, 2.05) is 6.26 Å². The molecule has 8 nitrogen and oxygen atoms in total. The van der Waals surface area contributed by atoms with Gasteiger partial charge in [-0.3, -0.25) is 14.5 Å². The maximum atomic E-state index is 15.6. The quantitative estimate of drug-likeness (QED) is 0.197. The van der Waals surface area contributed by atoms with E-state index in [1.54, 1.807) is 18.2 Å². The monoisotopic (exact) mass is 565 g/mol. The van der Waals surface area contributed by atoms with Crippen LogP contribution >= 0.6 is 11.8 Å². The summed E-state index contributed by atoms with van der Waals surface area (Å²) < 4.78 is 46.0.